The van der Waals surface area contributed by atoms with Crippen LogP contribution in [-0.2, 0) is 11.2 Å². The molecule has 2 aliphatic rings. The molecule has 3 nitrogen and oxygen atoms in total. The van der Waals surface area contributed by atoms with E-state index < -0.39 is 5.92 Å². The van der Waals surface area contributed by atoms with Gasteiger partial charge in [-0.05, 0) is 54.6 Å². The average Bonchev–Trinajstić information content (AvgIpc) is 2.50. The molecule has 0 N–H and O–H groups in total. The van der Waals surface area contributed by atoms with Gasteiger partial charge >= 0.3 is 0 Å². The van der Waals surface area contributed by atoms with E-state index in [1.165, 1.54) is 4.90 Å². The van der Waals surface area contributed by atoms with Crippen molar-refractivity contribution in [3.63, 3.8) is 0 Å². The van der Waals surface area contributed by atoms with Gasteiger partial charge in [0.2, 0.25) is 11.0 Å². The number of halogens is 2. The molecule has 1 heterocycles. The molecule has 1 amide bonds. The Morgan fingerprint density at radius 3 is 2.64 bits per heavy atom. The van der Waals surface area contributed by atoms with E-state index in [2.05, 4.69) is 4.99 Å². The molecular formula is C16H12Cl2N2OS. The molecule has 0 bridgehead atoms. The molecule has 0 aromatic heterocycles. The zero-order valence-electron chi connectivity index (χ0n) is 11.5. The molecule has 1 aromatic carbocycles. The number of allylic oxidation sites excluding steroid dienone is 3. The van der Waals surface area contributed by atoms with Crippen LogP contribution in [0.5, 0.6) is 0 Å². The molecule has 1 atom stereocenters. The van der Waals surface area contributed by atoms with Gasteiger partial charge in [-0.25, -0.2) is 4.99 Å². The molecule has 0 saturated carbocycles. The molecule has 1 unspecified atom stereocenters. The topological polar surface area (TPSA) is 32.7 Å². The van der Waals surface area contributed by atoms with Crippen LogP contribution in [0.3, 0.4) is 0 Å². The van der Waals surface area contributed by atoms with Gasteiger partial charge in [0.1, 0.15) is 5.92 Å². The van der Waals surface area contributed by atoms with E-state index in [-0.39, 0.29) is 5.91 Å². The summed E-state index contributed by atoms with van der Waals surface area (Å²) in [6, 6.07) is 7.54. The van der Waals surface area contributed by atoms with Crippen molar-refractivity contribution >= 4 is 52.2 Å². The molecule has 112 valence electrons. The highest BCUT2D eigenvalue weighted by Gasteiger charge is 2.34. The van der Waals surface area contributed by atoms with Crippen LogP contribution in [-0.4, -0.2) is 28.2 Å². The predicted octanol–water partition coefficient (Wildman–Crippen LogP) is 3.76. The van der Waals surface area contributed by atoms with Gasteiger partial charge in [0.05, 0.1) is 5.71 Å². The SMILES string of the molecule is O=C1C2C=C(Cl)C=CC2=NC(=S)N1CCc1ccc(Cl)cc1. The third-order valence-corrected chi connectivity index (χ3v) is 4.40. The van der Waals surface area contributed by atoms with E-state index in [9.17, 15) is 4.79 Å². The van der Waals surface area contributed by atoms with Gasteiger partial charge in [0.25, 0.3) is 0 Å². The van der Waals surface area contributed by atoms with Crippen LogP contribution in [0.1, 0.15) is 5.56 Å². The van der Waals surface area contributed by atoms with Crippen molar-refractivity contribution in [2.45, 2.75) is 6.42 Å². The van der Waals surface area contributed by atoms with Crippen molar-refractivity contribution < 1.29 is 4.79 Å². The van der Waals surface area contributed by atoms with Crippen molar-refractivity contribution in [3.8, 4) is 0 Å². The monoisotopic (exact) mass is 350 g/mol. The maximum absolute atomic E-state index is 12.6. The summed E-state index contributed by atoms with van der Waals surface area (Å²) >= 11 is 17.1. The van der Waals surface area contributed by atoms with Crippen molar-refractivity contribution in [1.29, 1.82) is 0 Å². The highest BCUT2D eigenvalue weighted by atomic mass is 35.5. The largest absolute Gasteiger partial charge is 0.286 e. The van der Waals surface area contributed by atoms with Crippen LogP contribution in [0.2, 0.25) is 5.02 Å². The fourth-order valence-electron chi connectivity index (χ4n) is 2.40. The Labute approximate surface area is 143 Å². The van der Waals surface area contributed by atoms with E-state index in [0.717, 1.165) is 5.56 Å². The van der Waals surface area contributed by atoms with Crippen LogP contribution >= 0.6 is 35.4 Å². The number of aliphatic imine (C=N–C) groups is 1. The Balaban J connectivity index is 1.75. The summed E-state index contributed by atoms with van der Waals surface area (Å²) in [5.74, 6) is -0.513. The van der Waals surface area contributed by atoms with Crippen LogP contribution in [0.15, 0.2) is 52.5 Å². The second-order valence-electron chi connectivity index (χ2n) is 5.05. The van der Waals surface area contributed by atoms with E-state index in [1.807, 2.05) is 24.3 Å². The Kier molecular flexibility index (Phi) is 4.43. The second kappa shape index (κ2) is 6.32. The number of benzene rings is 1. The minimum absolute atomic E-state index is 0.0773. The van der Waals surface area contributed by atoms with Crippen molar-refractivity contribution in [2.24, 2.45) is 10.9 Å². The zero-order valence-corrected chi connectivity index (χ0v) is 13.8. The number of nitrogens with zero attached hydrogens (tertiary/aromatic N) is 2. The fraction of sp³-hybridized carbons (Fsp3) is 0.188. The number of fused-ring (bicyclic) bond motifs is 1. The van der Waals surface area contributed by atoms with Gasteiger partial charge < -0.3 is 0 Å². The highest BCUT2D eigenvalue weighted by molar-refractivity contribution is 7.80. The number of rotatable bonds is 3. The summed E-state index contributed by atoms with van der Waals surface area (Å²) in [5, 5.41) is 1.54. The lowest BCUT2D eigenvalue weighted by Crippen LogP contribution is -2.46. The number of amides is 1. The number of carbonyl (C=O) groups is 1. The van der Waals surface area contributed by atoms with Crippen LogP contribution < -0.4 is 0 Å². The summed E-state index contributed by atoms with van der Waals surface area (Å²) in [7, 11) is 0. The Morgan fingerprint density at radius 1 is 1.18 bits per heavy atom. The highest BCUT2D eigenvalue weighted by Crippen LogP contribution is 2.24. The molecule has 0 radical (unpaired) electrons. The smallest absolute Gasteiger partial charge is 0.241 e. The molecule has 0 fully saturated rings. The minimum atomic E-state index is -0.436. The Bertz CT molecular complexity index is 722. The molecular weight excluding hydrogens is 339 g/mol. The second-order valence-corrected chi connectivity index (χ2v) is 6.29. The zero-order chi connectivity index (χ0) is 15.7. The summed E-state index contributed by atoms with van der Waals surface area (Å²) in [6.45, 7) is 0.488. The van der Waals surface area contributed by atoms with Gasteiger partial charge in [-0.3, -0.25) is 9.69 Å². The average molecular weight is 351 g/mol. The summed E-state index contributed by atoms with van der Waals surface area (Å²) in [6.07, 6.45) is 5.86. The number of thiocarbonyl (C=S) groups is 1. The van der Waals surface area contributed by atoms with E-state index in [4.69, 9.17) is 35.4 Å². The summed E-state index contributed by atoms with van der Waals surface area (Å²) in [4.78, 5) is 18.5. The van der Waals surface area contributed by atoms with Gasteiger partial charge in [-0.1, -0.05) is 35.3 Å². The lowest BCUT2D eigenvalue weighted by molar-refractivity contribution is -0.128. The number of carbonyl (C=O) groups excluding carboxylic acids is 1. The maximum atomic E-state index is 12.6. The molecule has 0 saturated heterocycles. The first-order valence-corrected chi connectivity index (χ1v) is 7.95. The van der Waals surface area contributed by atoms with Crippen molar-refractivity contribution in [2.75, 3.05) is 6.54 Å². The van der Waals surface area contributed by atoms with Gasteiger partial charge in [0.15, 0.2) is 0 Å². The Hall–Kier alpha value is -1.49. The molecule has 1 aliphatic carbocycles. The van der Waals surface area contributed by atoms with Crippen LogP contribution in [0.25, 0.3) is 0 Å². The maximum Gasteiger partial charge on any atom is 0.241 e. The van der Waals surface area contributed by atoms with E-state index in [0.29, 0.717) is 33.8 Å². The number of hydrogen-bond donors (Lipinski definition) is 0. The summed E-state index contributed by atoms with van der Waals surface area (Å²) in [5.41, 5.74) is 1.74. The first-order chi connectivity index (χ1) is 10.5. The molecule has 3 rings (SSSR count). The molecule has 1 aliphatic heterocycles. The molecule has 1 aromatic rings. The van der Waals surface area contributed by atoms with Crippen molar-refractivity contribution in [3.05, 3.63) is 58.1 Å². The third-order valence-electron chi connectivity index (χ3n) is 3.58. The predicted molar refractivity (Wildman–Crippen MR) is 93.5 cm³/mol. The molecule has 22 heavy (non-hydrogen) atoms. The van der Waals surface area contributed by atoms with Gasteiger partial charge in [0, 0.05) is 16.6 Å². The first kappa shape index (κ1) is 15.4. The van der Waals surface area contributed by atoms with E-state index >= 15 is 0 Å². The van der Waals surface area contributed by atoms with Crippen molar-refractivity contribution in [1.82, 2.24) is 4.90 Å². The van der Waals surface area contributed by atoms with Crippen LogP contribution in [0, 0.1) is 5.92 Å². The first-order valence-electron chi connectivity index (χ1n) is 6.78. The molecule has 0 spiro atoms. The quantitative estimate of drug-likeness (QED) is 0.777. The standard InChI is InChI=1S/C16H12Cl2N2OS/c17-11-3-1-10(2-4-11)7-8-20-15(21)13-9-12(18)5-6-14(13)19-16(20)22/h1-6,9,13H,7-8H2. The molecule has 6 heteroatoms. The fourth-order valence-corrected chi connectivity index (χ4v) is 3.01. The third kappa shape index (κ3) is 3.14. The minimum Gasteiger partial charge on any atom is -0.286 e. The lowest BCUT2D eigenvalue weighted by Gasteiger charge is -2.30. The number of hydrogen-bond acceptors (Lipinski definition) is 2. The van der Waals surface area contributed by atoms with E-state index in [1.54, 1.807) is 18.2 Å². The Morgan fingerprint density at radius 2 is 1.91 bits per heavy atom. The van der Waals surface area contributed by atoms with Gasteiger partial charge in [-0.15, -0.1) is 0 Å². The van der Waals surface area contributed by atoms with Crippen LogP contribution in [0.4, 0.5) is 0 Å². The summed E-state index contributed by atoms with van der Waals surface area (Å²) < 4.78 is 0. The normalized spacial score (nSPS) is 20.6. The lowest BCUT2D eigenvalue weighted by atomic mass is 9.95. The van der Waals surface area contributed by atoms with Gasteiger partial charge in [-0.2, -0.15) is 0 Å².